The molecule has 1 amide bonds. The first-order valence-electron chi connectivity index (χ1n) is 4.91. The van der Waals surface area contributed by atoms with Crippen LogP contribution in [0.1, 0.15) is 10.5 Å². The molecule has 0 aliphatic carbocycles. The number of hydrogen-bond donors (Lipinski definition) is 3. The van der Waals surface area contributed by atoms with E-state index in [-0.39, 0.29) is 22.0 Å². The summed E-state index contributed by atoms with van der Waals surface area (Å²) in [5, 5.41) is 11.9. The van der Waals surface area contributed by atoms with Gasteiger partial charge in [0.1, 0.15) is 11.4 Å². The van der Waals surface area contributed by atoms with Crippen LogP contribution in [0, 0.1) is 0 Å². The summed E-state index contributed by atoms with van der Waals surface area (Å²) in [6, 6.07) is 4.25. The van der Waals surface area contributed by atoms with Crippen molar-refractivity contribution in [2.45, 2.75) is 0 Å². The number of aromatic hydroxyl groups is 1. The van der Waals surface area contributed by atoms with Crippen LogP contribution in [-0.4, -0.2) is 21.0 Å². The quantitative estimate of drug-likeness (QED) is 0.715. The third-order valence-electron chi connectivity index (χ3n) is 2.11. The molecule has 0 aliphatic heterocycles. The predicted molar refractivity (Wildman–Crippen MR) is 65.9 cm³/mol. The van der Waals surface area contributed by atoms with E-state index in [1.54, 1.807) is 0 Å². The first-order chi connectivity index (χ1) is 8.56. The van der Waals surface area contributed by atoms with Gasteiger partial charge in [-0.25, -0.2) is 4.98 Å². The summed E-state index contributed by atoms with van der Waals surface area (Å²) in [6.45, 7) is 0. The van der Waals surface area contributed by atoms with Crippen molar-refractivity contribution >= 4 is 23.2 Å². The van der Waals surface area contributed by atoms with Crippen molar-refractivity contribution in [1.29, 1.82) is 0 Å². The largest absolute Gasteiger partial charge is 0.506 e. The minimum absolute atomic E-state index is 0.0683. The van der Waals surface area contributed by atoms with E-state index >= 15 is 0 Å². The third kappa shape index (κ3) is 2.67. The van der Waals surface area contributed by atoms with Gasteiger partial charge in [0, 0.05) is 11.9 Å². The summed E-state index contributed by atoms with van der Waals surface area (Å²) >= 11 is 5.70. The Labute approximate surface area is 106 Å². The lowest BCUT2D eigenvalue weighted by Crippen LogP contribution is -2.16. The minimum atomic E-state index is -0.493. The van der Waals surface area contributed by atoms with E-state index < -0.39 is 5.91 Å². The Kier molecular flexibility index (Phi) is 3.29. The second-order valence-corrected chi connectivity index (χ2v) is 3.82. The SMILES string of the molecule is O=C(Nc1ccc(O)c(Cl)c1)c1c[nH]c(=O)cn1. The third-order valence-corrected chi connectivity index (χ3v) is 2.41. The molecule has 1 aromatic carbocycles. The van der Waals surface area contributed by atoms with Gasteiger partial charge in [-0.1, -0.05) is 11.6 Å². The van der Waals surface area contributed by atoms with Gasteiger partial charge < -0.3 is 15.4 Å². The number of aromatic nitrogens is 2. The lowest BCUT2D eigenvalue weighted by molar-refractivity contribution is 0.102. The van der Waals surface area contributed by atoms with Gasteiger partial charge in [0.15, 0.2) is 0 Å². The number of nitrogens with zero attached hydrogens (tertiary/aromatic N) is 1. The van der Waals surface area contributed by atoms with Crippen LogP contribution in [0.3, 0.4) is 0 Å². The van der Waals surface area contributed by atoms with Crippen LogP contribution in [0.15, 0.2) is 35.4 Å². The number of phenolic OH excluding ortho intramolecular Hbond substituents is 1. The zero-order chi connectivity index (χ0) is 13.1. The zero-order valence-corrected chi connectivity index (χ0v) is 9.73. The van der Waals surface area contributed by atoms with E-state index in [9.17, 15) is 14.7 Å². The molecule has 0 bridgehead atoms. The van der Waals surface area contributed by atoms with Gasteiger partial charge in [0.2, 0.25) is 0 Å². The number of carbonyl (C=O) groups excluding carboxylic acids is 1. The highest BCUT2D eigenvalue weighted by atomic mass is 35.5. The minimum Gasteiger partial charge on any atom is -0.506 e. The van der Waals surface area contributed by atoms with Gasteiger partial charge in [-0.15, -0.1) is 0 Å². The molecule has 0 saturated heterocycles. The number of carbonyl (C=O) groups is 1. The van der Waals surface area contributed by atoms with E-state index in [1.165, 1.54) is 24.4 Å². The monoisotopic (exact) mass is 265 g/mol. The van der Waals surface area contributed by atoms with Crippen LogP contribution >= 0.6 is 11.6 Å². The van der Waals surface area contributed by atoms with Crippen molar-refractivity contribution in [3.8, 4) is 5.75 Å². The molecule has 2 rings (SSSR count). The molecule has 3 N–H and O–H groups in total. The number of hydrogen-bond acceptors (Lipinski definition) is 4. The lowest BCUT2D eigenvalue weighted by Gasteiger charge is -2.05. The molecule has 1 aromatic heterocycles. The van der Waals surface area contributed by atoms with E-state index in [0.717, 1.165) is 6.20 Å². The number of benzene rings is 1. The molecule has 0 radical (unpaired) electrons. The molecule has 0 fully saturated rings. The molecular weight excluding hydrogens is 258 g/mol. The van der Waals surface area contributed by atoms with Gasteiger partial charge in [-0.05, 0) is 18.2 Å². The molecule has 0 aliphatic rings. The molecule has 6 nitrogen and oxygen atoms in total. The summed E-state index contributed by atoms with van der Waals surface area (Å²) < 4.78 is 0. The normalized spacial score (nSPS) is 10.1. The number of phenols is 1. The highest BCUT2D eigenvalue weighted by Gasteiger charge is 2.08. The van der Waals surface area contributed by atoms with Gasteiger partial charge in [-0.2, -0.15) is 0 Å². The fourth-order valence-electron chi connectivity index (χ4n) is 1.25. The smallest absolute Gasteiger partial charge is 0.275 e. The Balaban J connectivity index is 2.18. The highest BCUT2D eigenvalue weighted by Crippen LogP contribution is 2.26. The summed E-state index contributed by atoms with van der Waals surface area (Å²) in [7, 11) is 0. The number of H-pyrrole nitrogens is 1. The molecule has 7 heteroatoms. The Morgan fingerprint density at radius 2 is 2.22 bits per heavy atom. The molecular formula is C11H8ClN3O3. The maximum absolute atomic E-state index is 11.7. The molecule has 0 spiro atoms. The molecule has 0 saturated carbocycles. The second-order valence-electron chi connectivity index (χ2n) is 3.42. The van der Waals surface area contributed by atoms with Crippen molar-refractivity contribution in [1.82, 2.24) is 9.97 Å². The van der Waals surface area contributed by atoms with E-state index in [1.807, 2.05) is 0 Å². The van der Waals surface area contributed by atoms with Crippen molar-refractivity contribution < 1.29 is 9.90 Å². The number of rotatable bonds is 2. The molecule has 1 heterocycles. The van der Waals surface area contributed by atoms with Gasteiger partial charge in [0.25, 0.3) is 11.5 Å². The first kappa shape index (κ1) is 12.1. The summed E-state index contributed by atoms with van der Waals surface area (Å²) in [6.07, 6.45) is 2.22. The van der Waals surface area contributed by atoms with Crippen LogP contribution in [-0.2, 0) is 0 Å². The fraction of sp³-hybridized carbons (Fsp3) is 0. The van der Waals surface area contributed by atoms with Crippen molar-refractivity contribution in [3.05, 3.63) is 51.7 Å². The van der Waals surface area contributed by atoms with Crippen molar-refractivity contribution in [2.75, 3.05) is 5.32 Å². The lowest BCUT2D eigenvalue weighted by atomic mass is 10.3. The van der Waals surface area contributed by atoms with Crippen LogP contribution in [0.4, 0.5) is 5.69 Å². The van der Waals surface area contributed by atoms with Crippen molar-refractivity contribution in [2.24, 2.45) is 0 Å². The summed E-state index contributed by atoms with van der Waals surface area (Å²) in [4.78, 5) is 28.5. The van der Waals surface area contributed by atoms with Crippen LogP contribution < -0.4 is 10.9 Å². The number of halogens is 1. The molecule has 18 heavy (non-hydrogen) atoms. The Hall–Kier alpha value is -2.34. The van der Waals surface area contributed by atoms with Crippen LogP contribution in [0.2, 0.25) is 5.02 Å². The second kappa shape index (κ2) is 4.89. The zero-order valence-electron chi connectivity index (χ0n) is 8.98. The number of amides is 1. The first-order valence-corrected chi connectivity index (χ1v) is 5.28. The summed E-state index contributed by atoms with van der Waals surface area (Å²) in [5.41, 5.74) is 0.0915. The summed E-state index contributed by atoms with van der Waals surface area (Å²) in [5.74, 6) is -0.565. The van der Waals surface area contributed by atoms with E-state index in [4.69, 9.17) is 11.6 Å². The van der Waals surface area contributed by atoms with Crippen LogP contribution in [0.25, 0.3) is 0 Å². The van der Waals surface area contributed by atoms with Gasteiger partial charge in [0.05, 0.1) is 11.2 Å². The van der Waals surface area contributed by atoms with E-state index in [2.05, 4.69) is 15.3 Å². The number of anilines is 1. The Bertz CT molecular complexity index is 634. The number of nitrogens with one attached hydrogen (secondary N) is 2. The predicted octanol–water partition coefficient (Wildman–Crippen LogP) is 1.38. The standard InChI is InChI=1S/C11H8ClN3O3/c12-7-3-6(1-2-9(7)16)15-11(18)8-4-14-10(17)5-13-8/h1-5,16H,(H,14,17)(H,15,18). The average molecular weight is 266 g/mol. The average Bonchev–Trinajstić information content (AvgIpc) is 2.34. The molecule has 2 aromatic rings. The van der Waals surface area contributed by atoms with Gasteiger partial charge in [-0.3, -0.25) is 9.59 Å². The fourth-order valence-corrected chi connectivity index (χ4v) is 1.43. The Morgan fingerprint density at radius 1 is 1.44 bits per heavy atom. The molecule has 0 unspecified atom stereocenters. The highest BCUT2D eigenvalue weighted by molar-refractivity contribution is 6.32. The molecule has 0 atom stereocenters. The number of aromatic amines is 1. The molecule has 92 valence electrons. The van der Waals surface area contributed by atoms with E-state index in [0.29, 0.717) is 5.69 Å². The van der Waals surface area contributed by atoms with Crippen molar-refractivity contribution in [3.63, 3.8) is 0 Å². The topological polar surface area (TPSA) is 95.1 Å². The maximum atomic E-state index is 11.7. The maximum Gasteiger partial charge on any atom is 0.275 e. The Morgan fingerprint density at radius 3 is 2.83 bits per heavy atom. The van der Waals surface area contributed by atoms with Crippen LogP contribution in [0.5, 0.6) is 5.75 Å². The van der Waals surface area contributed by atoms with Gasteiger partial charge >= 0.3 is 0 Å².